The highest BCUT2D eigenvalue weighted by molar-refractivity contribution is 9.10. The van der Waals surface area contributed by atoms with Gasteiger partial charge in [0.1, 0.15) is 11.6 Å². The van der Waals surface area contributed by atoms with E-state index in [0.29, 0.717) is 22.9 Å². The topological polar surface area (TPSA) is 21.3 Å². The van der Waals surface area contributed by atoms with Gasteiger partial charge in [-0.15, -0.1) is 0 Å². The summed E-state index contributed by atoms with van der Waals surface area (Å²) in [4.78, 5) is 0. The van der Waals surface area contributed by atoms with E-state index in [9.17, 15) is 4.39 Å². The number of hydrogen-bond acceptors (Lipinski definition) is 2. The third kappa shape index (κ3) is 3.76. The maximum Gasteiger partial charge on any atom is 0.132 e. The average molecular weight is 373 g/mol. The molecule has 0 aromatic heterocycles. The lowest BCUT2D eigenvalue weighted by atomic mass is 9.98. The number of benzene rings is 2. The SMILES string of the molecule is CCNC(c1ccc(OC)cc1F)c1ccc(Br)cc1Cl. The number of nitrogens with one attached hydrogen (secondary N) is 1. The highest BCUT2D eigenvalue weighted by atomic mass is 79.9. The lowest BCUT2D eigenvalue weighted by Gasteiger charge is -2.21. The number of methoxy groups -OCH3 is 1. The summed E-state index contributed by atoms with van der Waals surface area (Å²) in [5.41, 5.74) is 1.38. The minimum absolute atomic E-state index is 0.304. The third-order valence-corrected chi connectivity index (χ3v) is 4.02. The fraction of sp³-hybridized carbons (Fsp3) is 0.250. The van der Waals surface area contributed by atoms with Gasteiger partial charge in [0.25, 0.3) is 0 Å². The van der Waals surface area contributed by atoms with E-state index in [-0.39, 0.29) is 11.9 Å². The quantitative estimate of drug-likeness (QED) is 0.802. The minimum atomic E-state index is -0.320. The van der Waals surface area contributed by atoms with Gasteiger partial charge in [0.2, 0.25) is 0 Å². The van der Waals surface area contributed by atoms with Crippen LogP contribution in [0.25, 0.3) is 0 Å². The van der Waals surface area contributed by atoms with E-state index < -0.39 is 0 Å². The van der Waals surface area contributed by atoms with Crippen LogP contribution in [0.15, 0.2) is 40.9 Å². The van der Waals surface area contributed by atoms with Gasteiger partial charge in [-0.05, 0) is 30.3 Å². The van der Waals surface area contributed by atoms with Crippen molar-refractivity contribution >= 4 is 27.5 Å². The zero-order valence-corrected chi connectivity index (χ0v) is 14.1. The summed E-state index contributed by atoms with van der Waals surface area (Å²) in [7, 11) is 1.52. The van der Waals surface area contributed by atoms with Crippen molar-refractivity contribution in [2.45, 2.75) is 13.0 Å². The Labute approximate surface area is 137 Å². The van der Waals surface area contributed by atoms with E-state index in [1.807, 2.05) is 25.1 Å². The van der Waals surface area contributed by atoms with Gasteiger partial charge < -0.3 is 10.1 Å². The van der Waals surface area contributed by atoms with E-state index >= 15 is 0 Å². The predicted molar refractivity (Wildman–Crippen MR) is 87.6 cm³/mol. The van der Waals surface area contributed by atoms with Gasteiger partial charge in [-0.25, -0.2) is 4.39 Å². The molecular weight excluding hydrogens is 357 g/mol. The number of ether oxygens (including phenoxy) is 1. The lowest BCUT2D eigenvalue weighted by Crippen LogP contribution is -2.23. The molecule has 0 spiro atoms. The van der Waals surface area contributed by atoms with Crippen LogP contribution in [0.2, 0.25) is 5.02 Å². The van der Waals surface area contributed by atoms with Crippen molar-refractivity contribution in [2.75, 3.05) is 13.7 Å². The van der Waals surface area contributed by atoms with Crippen molar-refractivity contribution in [3.05, 3.63) is 62.8 Å². The normalized spacial score (nSPS) is 12.2. The molecule has 0 aliphatic heterocycles. The molecule has 0 saturated heterocycles. The molecule has 2 nitrogen and oxygen atoms in total. The van der Waals surface area contributed by atoms with E-state index in [4.69, 9.17) is 16.3 Å². The molecule has 0 bridgehead atoms. The molecule has 0 aliphatic carbocycles. The summed E-state index contributed by atoms with van der Waals surface area (Å²) < 4.78 is 20.3. The molecule has 5 heteroatoms. The summed E-state index contributed by atoms with van der Waals surface area (Å²) in [6.07, 6.45) is 0. The average Bonchev–Trinajstić information content (AvgIpc) is 2.46. The van der Waals surface area contributed by atoms with Gasteiger partial charge in [-0.2, -0.15) is 0 Å². The molecule has 0 amide bonds. The standard InChI is InChI=1S/C16H16BrClFNO/c1-3-20-16(12-6-4-10(17)8-14(12)18)13-7-5-11(21-2)9-15(13)19/h4-9,16,20H,3H2,1-2H3. The van der Waals surface area contributed by atoms with Crippen molar-refractivity contribution in [3.63, 3.8) is 0 Å². The van der Waals surface area contributed by atoms with Crippen LogP contribution >= 0.6 is 27.5 Å². The Morgan fingerprint density at radius 3 is 2.52 bits per heavy atom. The maximum absolute atomic E-state index is 14.3. The first-order valence-corrected chi connectivity index (χ1v) is 7.75. The summed E-state index contributed by atoms with van der Waals surface area (Å²) in [6, 6.07) is 10.1. The Morgan fingerprint density at radius 2 is 1.95 bits per heavy atom. The monoisotopic (exact) mass is 371 g/mol. The molecule has 112 valence electrons. The zero-order valence-electron chi connectivity index (χ0n) is 11.8. The molecule has 1 N–H and O–H groups in total. The highest BCUT2D eigenvalue weighted by Crippen LogP contribution is 2.32. The van der Waals surface area contributed by atoms with Gasteiger partial charge in [-0.3, -0.25) is 0 Å². The fourth-order valence-electron chi connectivity index (χ4n) is 2.20. The van der Waals surface area contributed by atoms with Crippen LogP contribution in [0.5, 0.6) is 5.75 Å². The van der Waals surface area contributed by atoms with E-state index in [1.54, 1.807) is 12.1 Å². The first kappa shape index (κ1) is 16.3. The van der Waals surface area contributed by atoms with Gasteiger partial charge >= 0.3 is 0 Å². The Morgan fingerprint density at radius 1 is 1.24 bits per heavy atom. The summed E-state index contributed by atoms with van der Waals surface area (Å²) in [5, 5.41) is 3.86. The fourth-order valence-corrected chi connectivity index (χ4v) is 2.98. The molecule has 2 aromatic carbocycles. The van der Waals surface area contributed by atoms with Crippen LogP contribution in [0.4, 0.5) is 4.39 Å². The van der Waals surface area contributed by atoms with Crippen molar-refractivity contribution in [2.24, 2.45) is 0 Å². The van der Waals surface area contributed by atoms with Crippen molar-refractivity contribution in [3.8, 4) is 5.75 Å². The van der Waals surface area contributed by atoms with Crippen LogP contribution in [0, 0.1) is 5.82 Å². The van der Waals surface area contributed by atoms with Crippen LogP contribution in [0.1, 0.15) is 24.1 Å². The van der Waals surface area contributed by atoms with E-state index in [1.165, 1.54) is 13.2 Å². The number of halogens is 3. The molecule has 0 aliphatic rings. The van der Waals surface area contributed by atoms with Crippen LogP contribution < -0.4 is 10.1 Å². The second-order valence-electron chi connectivity index (χ2n) is 4.54. The van der Waals surface area contributed by atoms with Crippen molar-refractivity contribution in [1.82, 2.24) is 5.32 Å². The molecular formula is C16H16BrClFNO. The lowest BCUT2D eigenvalue weighted by molar-refractivity contribution is 0.410. The minimum Gasteiger partial charge on any atom is -0.497 e. The van der Waals surface area contributed by atoms with Crippen molar-refractivity contribution < 1.29 is 9.13 Å². The molecule has 2 rings (SSSR count). The van der Waals surface area contributed by atoms with Crippen LogP contribution in [-0.2, 0) is 0 Å². The summed E-state index contributed by atoms with van der Waals surface area (Å²) >= 11 is 9.68. The first-order valence-electron chi connectivity index (χ1n) is 6.58. The smallest absolute Gasteiger partial charge is 0.132 e. The van der Waals surface area contributed by atoms with Crippen molar-refractivity contribution in [1.29, 1.82) is 0 Å². The molecule has 0 saturated carbocycles. The van der Waals surface area contributed by atoms with Gasteiger partial charge in [-0.1, -0.05) is 46.6 Å². The molecule has 1 unspecified atom stereocenters. The van der Waals surface area contributed by atoms with Crippen LogP contribution in [0.3, 0.4) is 0 Å². The first-order chi connectivity index (χ1) is 10.1. The number of hydrogen-bond donors (Lipinski definition) is 1. The Balaban J connectivity index is 2.48. The molecule has 1 atom stereocenters. The molecule has 2 aromatic rings. The Hall–Kier alpha value is -1.10. The highest BCUT2D eigenvalue weighted by Gasteiger charge is 2.20. The number of rotatable bonds is 5. The maximum atomic E-state index is 14.3. The van der Waals surface area contributed by atoms with E-state index in [2.05, 4.69) is 21.2 Å². The molecule has 0 fully saturated rings. The second kappa shape index (κ2) is 7.25. The largest absolute Gasteiger partial charge is 0.497 e. The Bertz CT molecular complexity index is 636. The van der Waals surface area contributed by atoms with Gasteiger partial charge in [0.05, 0.1) is 13.2 Å². The predicted octanol–water partition coefficient (Wildman–Crippen LogP) is 4.95. The summed E-state index contributed by atoms with van der Waals surface area (Å²) in [5.74, 6) is 0.174. The van der Waals surface area contributed by atoms with Gasteiger partial charge in [0, 0.05) is 21.1 Å². The Kier molecular flexibility index (Phi) is 5.62. The van der Waals surface area contributed by atoms with Gasteiger partial charge in [0.15, 0.2) is 0 Å². The molecule has 0 radical (unpaired) electrons. The molecule has 0 heterocycles. The van der Waals surface area contributed by atoms with Crippen LogP contribution in [-0.4, -0.2) is 13.7 Å². The summed E-state index contributed by atoms with van der Waals surface area (Å²) in [6.45, 7) is 2.67. The van der Waals surface area contributed by atoms with E-state index in [0.717, 1.165) is 10.0 Å². The second-order valence-corrected chi connectivity index (χ2v) is 5.87. The third-order valence-electron chi connectivity index (χ3n) is 3.20. The zero-order chi connectivity index (χ0) is 15.4. The molecule has 21 heavy (non-hydrogen) atoms.